The Balaban J connectivity index is 2.07. The van der Waals surface area contributed by atoms with Crippen LogP contribution < -0.4 is 9.62 Å². The second kappa shape index (κ2) is 13.9. The first-order valence-corrected chi connectivity index (χ1v) is 15.0. The Labute approximate surface area is 232 Å². The van der Waals surface area contributed by atoms with Gasteiger partial charge in [0, 0.05) is 12.6 Å². The zero-order valence-electron chi connectivity index (χ0n) is 23.2. The molecular weight excluding hydrogens is 510 g/mol. The van der Waals surface area contributed by atoms with Gasteiger partial charge in [-0.3, -0.25) is 13.9 Å². The summed E-state index contributed by atoms with van der Waals surface area (Å²) in [4.78, 5) is 29.0. The lowest BCUT2D eigenvalue weighted by Crippen LogP contribution is -2.53. The van der Waals surface area contributed by atoms with E-state index in [-0.39, 0.29) is 23.4 Å². The summed E-state index contributed by atoms with van der Waals surface area (Å²) in [6, 6.07) is 23.9. The van der Waals surface area contributed by atoms with E-state index in [1.165, 1.54) is 21.3 Å². The highest BCUT2D eigenvalue weighted by Crippen LogP contribution is 2.28. The average Bonchev–Trinajstić information content (AvgIpc) is 2.96. The number of aryl methyl sites for hydroxylation is 1. The number of amides is 2. The Morgan fingerprint density at radius 2 is 1.41 bits per heavy atom. The molecule has 0 aliphatic carbocycles. The number of hydrogen-bond acceptors (Lipinski definition) is 4. The van der Waals surface area contributed by atoms with Gasteiger partial charge in [-0.15, -0.1) is 0 Å². The molecule has 0 aliphatic rings. The molecule has 0 radical (unpaired) electrons. The van der Waals surface area contributed by atoms with E-state index in [1.54, 1.807) is 30.3 Å². The zero-order chi connectivity index (χ0) is 28.4. The molecule has 0 spiro atoms. The molecule has 0 saturated heterocycles. The Morgan fingerprint density at radius 3 is 2.00 bits per heavy atom. The molecule has 39 heavy (non-hydrogen) atoms. The normalized spacial score (nSPS) is 12.8. The van der Waals surface area contributed by atoms with E-state index in [1.807, 2.05) is 70.2 Å². The Hall–Kier alpha value is -3.65. The van der Waals surface area contributed by atoms with Crippen LogP contribution >= 0.6 is 0 Å². The van der Waals surface area contributed by atoms with Crippen LogP contribution in [0, 0.1) is 0 Å². The maximum atomic E-state index is 14.1. The molecule has 2 unspecified atom stereocenters. The standard InChI is InChI=1S/C31H39N3O4S/c1-5-24(4)32-31(36)28(7-3)33(22-25-16-10-8-11-17-25)30(35)23-34(29-21-15-14-18-26(29)6-2)39(37,38)27-19-12-9-13-20-27/h8-21,24,28H,5-7,22-23H2,1-4H3,(H,32,36). The van der Waals surface area contributed by atoms with E-state index in [0.29, 0.717) is 18.5 Å². The molecule has 208 valence electrons. The van der Waals surface area contributed by atoms with Crippen molar-refractivity contribution in [2.75, 3.05) is 10.8 Å². The van der Waals surface area contributed by atoms with Crippen molar-refractivity contribution >= 4 is 27.5 Å². The first-order chi connectivity index (χ1) is 18.7. The van der Waals surface area contributed by atoms with Crippen LogP contribution in [0.15, 0.2) is 89.8 Å². The SMILES string of the molecule is CCc1ccccc1N(CC(=O)N(Cc1ccccc1)C(CC)C(=O)NC(C)CC)S(=O)(=O)c1ccccc1. The average molecular weight is 550 g/mol. The van der Waals surface area contributed by atoms with Gasteiger partial charge in [-0.1, -0.05) is 87.5 Å². The topological polar surface area (TPSA) is 86.8 Å². The smallest absolute Gasteiger partial charge is 0.264 e. The molecular formula is C31H39N3O4S. The van der Waals surface area contributed by atoms with Gasteiger partial charge in [-0.05, 0) is 55.5 Å². The first-order valence-electron chi connectivity index (χ1n) is 13.5. The second-order valence-electron chi connectivity index (χ2n) is 9.56. The van der Waals surface area contributed by atoms with Gasteiger partial charge in [0.2, 0.25) is 11.8 Å². The van der Waals surface area contributed by atoms with E-state index in [4.69, 9.17) is 0 Å². The summed E-state index contributed by atoms with van der Waals surface area (Å²) in [5.41, 5.74) is 2.11. The minimum atomic E-state index is -4.08. The fourth-order valence-corrected chi connectivity index (χ4v) is 5.90. The molecule has 3 aromatic carbocycles. The molecule has 2 atom stereocenters. The molecule has 0 bridgehead atoms. The molecule has 0 heterocycles. The lowest BCUT2D eigenvalue weighted by atomic mass is 10.1. The molecule has 7 nitrogen and oxygen atoms in total. The molecule has 2 amide bonds. The molecule has 0 saturated carbocycles. The third-order valence-corrected chi connectivity index (χ3v) is 8.61. The van der Waals surface area contributed by atoms with Gasteiger partial charge in [0.25, 0.3) is 10.0 Å². The summed E-state index contributed by atoms with van der Waals surface area (Å²) in [5, 5.41) is 3.00. The Kier molecular flexibility index (Phi) is 10.7. The van der Waals surface area contributed by atoms with E-state index < -0.39 is 28.5 Å². The summed E-state index contributed by atoms with van der Waals surface area (Å²) >= 11 is 0. The fraction of sp³-hybridized carbons (Fsp3) is 0.355. The van der Waals surface area contributed by atoms with Crippen molar-refractivity contribution in [3.05, 3.63) is 96.1 Å². The number of hydrogen-bond donors (Lipinski definition) is 1. The first kappa shape index (κ1) is 29.9. The maximum Gasteiger partial charge on any atom is 0.264 e. The number of nitrogens with one attached hydrogen (secondary N) is 1. The number of anilines is 1. The van der Waals surface area contributed by atoms with Crippen LogP contribution in [0.1, 0.15) is 51.7 Å². The highest BCUT2D eigenvalue weighted by molar-refractivity contribution is 7.92. The number of rotatable bonds is 13. The van der Waals surface area contributed by atoms with Crippen molar-refractivity contribution in [1.29, 1.82) is 0 Å². The van der Waals surface area contributed by atoms with Crippen LogP contribution in [0.2, 0.25) is 0 Å². The lowest BCUT2D eigenvalue weighted by molar-refractivity contribution is -0.140. The summed E-state index contributed by atoms with van der Waals surface area (Å²) in [6.07, 6.45) is 1.73. The molecule has 8 heteroatoms. The summed E-state index contributed by atoms with van der Waals surface area (Å²) in [6.45, 7) is 7.45. The van der Waals surface area contributed by atoms with Crippen molar-refractivity contribution in [3.63, 3.8) is 0 Å². The van der Waals surface area contributed by atoms with Crippen LogP contribution in [-0.2, 0) is 32.6 Å². The van der Waals surface area contributed by atoms with E-state index in [0.717, 1.165) is 17.5 Å². The molecule has 0 aromatic heterocycles. The highest BCUT2D eigenvalue weighted by atomic mass is 32.2. The Morgan fingerprint density at radius 1 is 0.821 bits per heavy atom. The van der Waals surface area contributed by atoms with Crippen molar-refractivity contribution < 1.29 is 18.0 Å². The zero-order valence-corrected chi connectivity index (χ0v) is 24.0. The van der Waals surface area contributed by atoms with E-state index in [9.17, 15) is 18.0 Å². The highest BCUT2D eigenvalue weighted by Gasteiger charge is 2.34. The van der Waals surface area contributed by atoms with Gasteiger partial charge in [0.1, 0.15) is 12.6 Å². The summed E-state index contributed by atoms with van der Waals surface area (Å²) in [5.74, 6) is -0.696. The number of carbonyl (C=O) groups is 2. The van der Waals surface area contributed by atoms with Gasteiger partial charge in [-0.25, -0.2) is 8.42 Å². The largest absolute Gasteiger partial charge is 0.352 e. The second-order valence-corrected chi connectivity index (χ2v) is 11.4. The maximum absolute atomic E-state index is 14.1. The Bertz CT molecular complexity index is 1330. The molecule has 1 N–H and O–H groups in total. The number of carbonyl (C=O) groups excluding carboxylic acids is 2. The minimum absolute atomic E-state index is 0.0494. The van der Waals surface area contributed by atoms with Crippen molar-refractivity contribution in [2.45, 2.75) is 70.5 Å². The molecule has 0 aliphatic heterocycles. The fourth-order valence-electron chi connectivity index (χ4n) is 4.43. The van der Waals surface area contributed by atoms with Crippen molar-refractivity contribution in [2.24, 2.45) is 0 Å². The predicted molar refractivity (Wildman–Crippen MR) is 156 cm³/mol. The van der Waals surface area contributed by atoms with Gasteiger partial charge >= 0.3 is 0 Å². The summed E-state index contributed by atoms with van der Waals surface area (Å²) < 4.78 is 29.1. The van der Waals surface area contributed by atoms with Gasteiger partial charge < -0.3 is 10.2 Å². The monoisotopic (exact) mass is 549 g/mol. The number of nitrogens with zero attached hydrogens (tertiary/aromatic N) is 2. The van der Waals surface area contributed by atoms with Gasteiger partial charge in [0.05, 0.1) is 10.6 Å². The van der Waals surface area contributed by atoms with Crippen molar-refractivity contribution in [3.8, 4) is 0 Å². The van der Waals surface area contributed by atoms with Crippen LogP contribution in [0.25, 0.3) is 0 Å². The predicted octanol–water partition coefficient (Wildman–Crippen LogP) is 5.17. The van der Waals surface area contributed by atoms with E-state index in [2.05, 4.69) is 5.32 Å². The number of benzene rings is 3. The quantitative estimate of drug-likeness (QED) is 0.319. The number of para-hydroxylation sites is 1. The summed E-state index contributed by atoms with van der Waals surface area (Å²) in [7, 11) is -4.08. The minimum Gasteiger partial charge on any atom is -0.352 e. The van der Waals surface area contributed by atoms with Crippen molar-refractivity contribution in [1.82, 2.24) is 10.2 Å². The van der Waals surface area contributed by atoms with Crippen LogP contribution in [0.5, 0.6) is 0 Å². The molecule has 3 aromatic rings. The van der Waals surface area contributed by atoms with Crippen LogP contribution in [0.4, 0.5) is 5.69 Å². The van der Waals surface area contributed by atoms with Gasteiger partial charge in [0.15, 0.2) is 0 Å². The number of sulfonamides is 1. The van der Waals surface area contributed by atoms with E-state index >= 15 is 0 Å². The molecule has 3 rings (SSSR count). The van der Waals surface area contributed by atoms with Gasteiger partial charge in [-0.2, -0.15) is 0 Å². The third-order valence-electron chi connectivity index (χ3n) is 6.83. The molecule has 0 fully saturated rings. The van der Waals surface area contributed by atoms with Crippen LogP contribution in [0.3, 0.4) is 0 Å². The van der Waals surface area contributed by atoms with Crippen LogP contribution in [-0.4, -0.2) is 43.8 Å². The lowest BCUT2D eigenvalue weighted by Gasteiger charge is -2.34. The third kappa shape index (κ3) is 7.47.